The Hall–Kier alpha value is -0.830. The fourth-order valence-corrected chi connectivity index (χ4v) is 6.49. The Bertz CT molecular complexity index is 603. The van der Waals surface area contributed by atoms with Crippen LogP contribution in [0.4, 0.5) is 0 Å². The van der Waals surface area contributed by atoms with Crippen LogP contribution in [0.5, 0.6) is 0 Å². The molecular weight excluding hydrogens is 324 g/mol. The highest BCUT2D eigenvalue weighted by Gasteiger charge is 2.56. The fraction of sp³-hybridized carbons (Fsp3) is 0.870. The molecule has 0 aromatic heterocycles. The molecule has 146 valence electrons. The molecule has 1 saturated heterocycles. The lowest BCUT2D eigenvalue weighted by atomic mass is 9.48. The van der Waals surface area contributed by atoms with Gasteiger partial charge in [-0.1, -0.05) is 38.3 Å². The molecule has 2 fully saturated rings. The van der Waals surface area contributed by atoms with Gasteiger partial charge in [0, 0.05) is 0 Å². The summed E-state index contributed by atoms with van der Waals surface area (Å²) in [5.74, 6) is 2.10. The zero-order chi connectivity index (χ0) is 18.5. The Kier molecular flexibility index (Phi) is 4.74. The second-order valence-electron chi connectivity index (χ2n) is 10.2. The number of rotatable bonds is 4. The molecule has 1 saturated carbocycles. The lowest BCUT2D eigenvalue weighted by Crippen LogP contribution is -2.51. The predicted octanol–water partition coefficient (Wildman–Crippen LogP) is 5.29. The minimum atomic E-state index is -0.324. The summed E-state index contributed by atoms with van der Waals surface area (Å²) in [5, 5.41) is 0. The standard InChI is InChI=1S/C23H36O3/c1-15(2)16-6-8-19-17(12-16)7-9-20-22(19,3)10-5-11-23(20,4)21(24)26-14-18-13-25-18/h15-16,18,20H,5-14H2,1-4H3. The number of allylic oxidation sites excluding steroid dienone is 2. The number of hydrogen-bond acceptors (Lipinski definition) is 3. The van der Waals surface area contributed by atoms with Crippen molar-refractivity contribution in [3.63, 3.8) is 0 Å². The molecule has 1 heterocycles. The van der Waals surface area contributed by atoms with E-state index in [4.69, 9.17) is 9.47 Å². The van der Waals surface area contributed by atoms with Gasteiger partial charge in [0.2, 0.25) is 0 Å². The maximum atomic E-state index is 13.1. The number of epoxide rings is 1. The predicted molar refractivity (Wildman–Crippen MR) is 103 cm³/mol. The molecule has 26 heavy (non-hydrogen) atoms. The molecule has 4 aliphatic rings. The van der Waals surface area contributed by atoms with E-state index in [1.165, 1.54) is 32.1 Å². The van der Waals surface area contributed by atoms with Crippen LogP contribution in [0.3, 0.4) is 0 Å². The second kappa shape index (κ2) is 6.65. The van der Waals surface area contributed by atoms with E-state index < -0.39 is 0 Å². The normalized spacial score (nSPS) is 42.3. The first-order chi connectivity index (χ1) is 12.3. The number of hydrogen-bond donors (Lipinski definition) is 0. The van der Waals surface area contributed by atoms with Crippen molar-refractivity contribution in [1.29, 1.82) is 0 Å². The minimum Gasteiger partial charge on any atom is -0.462 e. The summed E-state index contributed by atoms with van der Waals surface area (Å²) < 4.78 is 10.9. The number of esters is 1. The average molecular weight is 361 g/mol. The van der Waals surface area contributed by atoms with E-state index in [2.05, 4.69) is 27.7 Å². The Balaban J connectivity index is 1.57. The van der Waals surface area contributed by atoms with Gasteiger partial charge in [-0.2, -0.15) is 0 Å². The molecule has 0 aromatic rings. The van der Waals surface area contributed by atoms with Gasteiger partial charge in [0.25, 0.3) is 0 Å². The van der Waals surface area contributed by atoms with Gasteiger partial charge in [0.15, 0.2) is 0 Å². The monoisotopic (exact) mass is 360 g/mol. The third kappa shape index (κ3) is 3.04. The van der Waals surface area contributed by atoms with Gasteiger partial charge in [-0.25, -0.2) is 0 Å². The molecule has 4 rings (SSSR count). The number of ether oxygens (including phenoxy) is 2. The first kappa shape index (κ1) is 18.5. The first-order valence-corrected chi connectivity index (χ1v) is 10.8. The van der Waals surface area contributed by atoms with Crippen molar-refractivity contribution in [3.05, 3.63) is 11.1 Å². The van der Waals surface area contributed by atoms with Crippen LogP contribution >= 0.6 is 0 Å². The summed E-state index contributed by atoms with van der Waals surface area (Å²) in [4.78, 5) is 13.1. The van der Waals surface area contributed by atoms with Gasteiger partial charge in [-0.3, -0.25) is 4.79 Å². The van der Waals surface area contributed by atoms with Crippen molar-refractivity contribution in [3.8, 4) is 0 Å². The summed E-state index contributed by atoms with van der Waals surface area (Å²) in [7, 11) is 0. The smallest absolute Gasteiger partial charge is 0.312 e. The summed E-state index contributed by atoms with van der Waals surface area (Å²) in [6.45, 7) is 10.6. The molecule has 5 atom stereocenters. The van der Waals surface area contributed by atoms with Crippen LogP contribution in [-0.2, 0) is 14.3 Å². The van der Waals surface area contributed by atoms with Crippen LogP contribution in [0.25, 0.3) is 0 Å². The van der Waals surface area contributed by atoms with Crippen LogP contribution in [0.2, 0.25) is 0 Å². The summed E-state index contributed by atoms with van der Waals surface area (Å²) in [6, 6.07) is 0. The van der Waals surface area contributed by atoms with E-state index in [1.807, 2.05) is 0 Å². The van der Waals surface area contributed by atoms with E-state index in [1.54, 1.807) is 11.1 Å². The molecular formula is C23H36O3. The molecule has 0 radical (unpaired) electrons. The molecule has 1 aliphatic heterocycles. The molecule has 0 spiro atoms. The lowest BCUT2D eigenvalue weighted by molar-refractivity contribution is -0.167. The molecule has 5 unspecified atom stereocenters. The largest absolute Gasteiger partial charge is 0.462 e. The Morgan fingerprint density at radius 3 is 2.69 bits per heavy atom. The number of carbonyl (C=O) groups is 1. The molecule has 0 aromatic carbocycles. The number of carbonyl (C=O) groups excluding carboxylic acids is 1. The highest BCUT2D eigenvalue weighted by Crippen LogP contribution is 2.62. The zero-order valence-electron chi connectivity index (χ0n) is 17.1. The zero-order valence-corrected chi connectivity index (χ0v) is 17.1. The van der Waals surface area contributed by atoms with Gasteiger partial charge in [0.1, 0.15) is 12.7 Å². The van der Waals surface area contributed by atoms with Crippen LogP contribution in [0, 0.1) is 28.6 Å². The van der Waals surface area contributed by atoms with Crippen molar-refractivity contribution < 1.29 is 14.3 Å². The van der Waals surface area contributed by atoms with Crippen molar-refractivity contribution in [2.75, 3.05) is 13.2 Å². The van der Waals surface area contributed by atoms with E-state index >= 15 is 0 Å². The molecule has 3 nitrogen and oxygen atoms in total. The lowest BCUT2D eigenvalue weighted by Gasteiger charge is -2.56. The van der Waals surface area contributed by atoms with Gasteiger partial charge in [-0.15, -0.1) is 0 Å². The Labute approximate surface area is 158 Å². The molecule has 0 bridgehead atoms. The van der Waals surface area contributed by atoms with Crippen LogP contribution < -0.4 is 0 Å². The van der Waals surface area contributed by atoms with Gasteiger partial charge < -0.3 is 9.47 Å². The third-order valence-electron chi connectivity index (χ3n) is 8.27. The quantitative estimate of drug-likeness (QED) is 0.388. The maximum Gasteiger partial charge on any atom is 0.312 e. The van der Waals surface area contributed by atoms with E-state index in [-0.39, 0.29) is 22.9 Å². The van der Waals surface area contributed by atoms with Crippen molar-refractivity contribution >= 4 is 5.97 Å². The van der Waals surface area contributed by atoms with Crippen LogP contribution in [0.15, 0.2) is 11.1 Å². The maximum absolute atomic E-state index is 13.1. The molecule has 3 aliphatic carbocycles. The molecule has 0 amide bonds. The highest BCUT2D eigenvalue weighted by atomic mass is 16.6. The second-order valence-corrected chi connectivity index (χ2v) is 10.2. The van der Waals surface area contributed by atoms with E-state index in [9.17, 15) is 4.79 Å². The third-order valence-corrected chi connectivity index (χ3v) is 8.27. The van der Waals surface area contributed by atoms with E-state index in [0.29, 0.717) is 12.5 Å². The number of fused-ring (bicyclic) bond motifs is 2. The molecule has 0 N–H and O–H groups in total. The SMILES string of the molecule is CC(C)C1CCC2=C(CCC3C(C)(C(=O)OCC4CO4)CCCC23C)C1. The van der Waals surface area contributed by atoms with Crippen molar-refractivity contribution in [2.24, 2.45) is 28.6 Å². The fourth-order valence-electron chi connectivity index (χ4n) is 6.49. The van der Waals surface area contributed by atoms with Gasteiger partial charge in [0.05, 0.1) is 12.0 Å². The summed E-state index contributed by atoms with van der Waals surface area (Å²) in [5.41, 5.74) is 3.36. The van der Waals surface area contributed by atoms with Crippen molar-refractivity contribution in [2.45, 2.75) is 85.2 Å². The highest BCUT2D eigenvalue weighted by molar-refractivity contribution is 5.77. The van der Waals surface area contributed by atoms with Crippen LogP contribution in [0.1, 0.15) is 79.1 Å². The van der Waals surface area contributed by atoms with Crippen molar-refractivity contribution in [1.82, 2.24) is 0 Å². The molecule has 3 heteroatoms. The summed E-state index contributed by atoms with van der Waals surface area (Å²) >= 11 is 0. The van der Waals surface area contributed by atoms with Crippen LogP contribution in [-0.4, -0.2) is 25.3 Å². The van der Waals surface area contributed by atoms with Gasteiger partial charge >= 0.3 is 5.97 Å². The average Bonchev–Trinajstić information content (AvgIpc) is 3.43. The summed E-state index contributed by atoms with van der Waals surface area (Å²) in [6.07, 6.45) is 9.78. The first-order valence-electron chi connectivity index (χ1n) is 10.8. The van der Waals surface area contributed by atoms with E-state index in [0.717, 1.165) is 37.7 Å². The minimum absolute atomic E-state index is 0.0313. The Morgan fingerprint density at radius 2 is 2.00 bits per heavy atom. The van der Waals surface area contributed by atoms with Gasteiger partial charge in [-0.05, 0) is 75.0 Å². The topological polar surface area (TPSA) is 38.8 Å². The Morgan fingerprint density at radius 1 is 1.23 bits per heavy atom.